The number of halogens is 1. The van der Waals surface area contributed by atoms with E-state index in [0.29, 0.717) is 25.3 Å². The van der Waals surface area contributed by atoms with E-state index in [-0.39, 0.29) is 25.0 Å². The minimum Gasteiger partial charge on any atom is -0.374 e. The van der Waals surface area contributed by atoms with Crippen molar-refractivity contribution in [3.63, 3.8) is 0 Å². The number of ether oxygens (including phenoxy) is 1. The summed E-state index contributed by atoms with van der Waals surface area (Å²) in [5.74, 6) is -1.25. The Kier molecular flexibility index (Phi) is 6.06. The molecule has 2 rings (SSSR count). The number of morpholine rings is 1. The van der Waals surface area contributed by atoms with Gasteiger partial charge in [-0.2, -0.15) is 0 Å². The molecule has 2 N–H and O–H groups in total. The highest BCUT2D eigenvalue weighted by Crippen LogP contribution is 2.09. The van der Waals surface area contributed by atoms with Crippen LogP contribution in [0.1, 0.15) is 5.56 Å². The van der Waals surface area contributed by atoms with Crippen LogP contribution in [0.25, 0.3) is 0 Å². The third kappa shape index (κ3) is 5.61. The first-order valence-corrected chi connectivity index (χ1v) is 7.54. The van der Waals surface area contributed by atoms with Gasteiger partial charge in [-0.15, -0.1) is 0 Å². The average molecular weight is 323 g/mol. The van der Waals surface area contributed by atoms with Crippen LogP contribution in [0.5, 0.6) is 0 Å². The molecule has 1 aromatic rings. The Morgan fingerprint density at radius 2 is 2.26 bits per heavy atom. The maximum absolute atomic E-state index is 13.2. The second-order valence-corrected chi connectivity index (χ2v) is 5.80. The quantitative estimate of drug-likeness (QED) is 0.800. The first-order chi connectivity index (χ1) is 10.9. The molecule has 6 nitrogen and oxygen atoms in total. The second-order valence-electron chi connectivity index (χ2n) is 5.80. The molecule has 1 aliphatic heterocycles. The third-order valence-electron chi connectivity index (χ3n) is 3.71. The van der Waals surface area contributed by atoms with E-state index in [4.69, 9.17) is 10.5 Å². The number of primary amides is 1. The molecule has 1 fully saturated rings. The molecule has 1 aromatic carbocycles. The molecule has 1 saturated heterocycles. The summed E-state index contributed by atoms with van der Waals surface area (Å²) >= 11 is 0. The van der Waals surface area contributed by atoms with Crippen molar-refractivity contribution >= 4 is 11.8 Å². The van der Waals surface area contributed by atoms with Crippen molar-refractivity contribution in [1.29, 1.82) is 0 Å². The van der Waals surface area contributed by atoms with Gasteiger partial charge in [0.15, 0.2) is 0 Å². The fourth-order valence-corrected chi connectivity index (χ4v) is 2.60. The fourth-order valence-electron chi connectivity index (χ4n) is 2.60. The first kappa shape index (κ1) is 17.4. The van der Waals surface area contributed by atoms with Crippen LogP contribution in [0.2, 0.25) is 0 Å². The van der Waals surface area contributed by atoms with Crippen molar-refractivity contribution in [2.24, 2.45) is 5.73 Å². The lowest BCUT2D eigenvalue weighted by Gasteiger charge is -2.33. The first-order valence-electron chi connectivity index (χ1n) is 7.54. The molecule has 0 aliphatic carbocycles. The van der Waals surface area contributed by atoms with Crippen LogP contribution in [-0.2, 0) is 20.7 Å². The molecule has 7 heteroatoms. The summed E-state index contributed by atoms with van der Waals surface area (Å²) in [6.07, 6.45) is -0.141. The van der Waals surface area contributed by atoms with Gasteiger partial charge in [-0.25, -0.2) is 4.39 Å². The Balaban J connectivity index is 2.01. The van der Waals surface area contributed by atoms with Crippen molar-refractivity contribution in [3.05, 3.63) is 35.6 Å². The van der Waals surface area contributed by atoms with Gasteiger partial charge >= 0.3 is 0 Å². The summed E-state index contributed by atoms with van der Waals surface area (Å²) in [6, 6.07) is 5.86. The number of nitrogens with zero attached hydrogens (tertiary/aromatic N) is 2. The van der Waals surface area contributed by atoms with Crippen molar-refractivity contribution < 1.29 is 18.7 Å². The van der Waals surface area contributed by atoms with E-state index in [1.807, 2.05) is 7.05 Å². The van der Waals surface area contributed by atoms with Crippen LogP contribution in [0, 0.1) is 5.82 Å². The number of benzene rings is 1. The predicted octanol–water partition coefficient (Wildman–Crippen LogP) is 0.0127. The smallest absolute Gasteiger partial charge is 0.237 e. The molecule has 126 valence electrons. The SMILES string of the molecule is CN1CCO[C@@H](CN(CC(N)=O)C(=O)Cc2cccc(F)c2)C1. The maximum atomic E-state index is 13.2. The van der Waals surface area contributed by atoms with E-state index >= 15 is 0 Å². The lowest BCUT2D eigenvalue weighted by atomic mass is 10.1. The van der Waals surface area contributed by atoms with E-state index in [0.717, 1.165) is 6.54 Å². The number of nitrogens with two attached hydrogens (primary N) is 1. The number of hydrogen-bond donors (Lipinski definition) is 1. The highest BCUT2D eigenvalue weighted by molar-refractivity contribution is 5.85. The predicted molar refractivity (Wildman–Crippen MR) is 83.1 cm³/mol. The number of carbonyl (C=O) groups excluding carboxylic acids is 2. The minimum atomic E-state index is -0.582. The molecular formula is C16H22FN3O3. The molecule has 0 unspecified atom stereocenters. The van der Waals surface area contributed by atoms with E-state index < -0.39 is 11.7 Å². The van der Waals surface area contributed by atoms with Gasteiger partial charge in [-0.1, -0.05) is 12.1 Å². The van der Waals surface area contributed by atoms with Gasteiger partial charge in [0.1, 0.15) is 5.82 Å². The van der Waals surface area contributed by atoms with Gasteiger partial charge in [0.05, 0.1) is 25.7 Å². The van der Waals surface area contributed by atoms with Crippen molar-refractivity contribution in [1.82, 2.24) is 9.80 Å². The van der Waals surface area contributed by atoms with Crippen LogP contribution >= 0.6 is 0 Å². The third-order valence-corrected chi connectivity index (χ3v) is 3.71. The summed E-state index contributed by atoms with van der Waals surface area (Å²) in [5, 5.41) is 0. The summed E-state index contributed by atoms with van der Waals surface area (Å²) in [6.45, 7) is 2.23. The van der Waals surface area contributed by atoms with E-state index in [2.05, 4.69) is 4.90 Å². The Bertz CT molecular complexity index is 567. The summed E-state index contributed by atoms with van der Waals surface area (Å²) in [7, 11) is 1.97. The van der Waals surface area contributed by atoms with Gasteiger partial charge in [-0.05, 0) is 24.7 Å². The fraction of sp³-hybridized carbons (Fsp3) is 0.500. The monoisotopic (exact) mass is 323 g/mol. The molecule has 1 aliphatic rings. The zero-order valence-corrected chi connectivity index (χ0v) is 13.2. The van der Waals surface area contributed by atoms with Crippen molar-refractivity contribution in [2.75, 3.05) is 39.8 Å². The number of carbonyl (C=O) groups is 2. The van der Waals surface area contributed by atoms with Crippen LogP contribution in [-0.4, -0.2) is 67.6 Å². The zero-order valence-electron chi connectivity index (χ0n) is 13.2. The maximum Gasteiger partial charge on any atom is 0.237 e. The molecule has 1 atom stereocenters. The molecule has 2 amide bonds. The van der Waals surface area contributed by atoms with E-state index in [9.17, 15) is 14.0 Å². The Hall–Kier alpha value is -1.99. The highest BCUT2D eigenvalue weighted by Gasteiger charge is 2.24. The molecule has 0 saturated carbocycles. The Morgan fingerprint density at radius 3 is 2.91 bits per heavy atom. The normalized spacial score (nSPS) is 18.6. The second kappa shape index (κ2) is 8.03. The molecule has 23 heavy (non-hydrogen) atoms. The van der Waals surface area contributed by atoms with Crippen LogP contribution in [0.15, 0.2) is 24.3 Å². The van der Waals surface area contributed by atoms with Gasteiger partial charge < -0.3 is 20.3 Å². The molecule has 0 aromatic heterocycles. The summed E-state index contributed by atoms with van der Waals surface area (Å²) < 4.78 is 18.9. The molecule has 0 bridgehead atoms. The number of hydrogen-bond acceptors (Lipinski definition) is 4. The largest absolute Gasteiger partial charge is 0.374 e. The average Bonchev–Trinajstić information content (AvgIpc) is 2.46. The van der Waals surface area contributed by atoms with Crippen molar-refractivity contribution in [3.8, 4) is 0 Å². The summed E-state index contributed by atoms with van der Waals surface area (Å²) in [5.41, 5.74) is 5.80. The van der Waals surface area contributed by atoms with E-state index in [1.54, 1.807) is 12.1 Å². The van der Waals surface area contributed by atoms with Crippen LogP contribution in [0.3, 0.4) is 0 Å². The standard InChI is InChI=1S/C16H22FN3O3/c1-19-5-6-23-14(9-19)10-20(11-15(18)21)16(22)8-12-3-2-4-13(17)7-12/h2-4,7,14H,5-6,8-11H2,1H3,(H2,18,21)/t14-/m1/s1. The molecule has 1 heterocycles. The Morgan fingerprint density at radius 1 is 1.48 bits per heavy atom. The molecule has 0 spiro atoms. The lowest BCUT2D eigenvalue weighted by Crippen LogP contribution is -2.49. The van der Waals surface area contributed by atoms with Gasteiger partial charge in [0, 0.05) is 19.6 Å². The Labute approximate surface area is 135 Å². The minimum absolute atomic E-state index is 0.0214. The van der Waals surface area contributed by atoms with Crippen LogP contribution in [0.4, 0.5) is 4.39 Å². The number of likely N-dealkylation sites (N-methyl/N-ethyl adjacent to an activating group) is 1. The van der Waals surface area contributed by atoms with Gasteiger partial charge in [-0.3, -0.25) is 9.59 Å². The number of rotatable bonds is 6. The highest BCUT2D eigenvalue weighted by atomic mass is 19.1. The van der Waals surface area contributed by atoms with Gasteiger partial charge in [0.25, 0.3) is 0 Å². The zero-order chi connectivity index (χ0) is 16.8. The van der Waals surface area contributed by atoms with E-state index in [1.165, 1.54) is 17.0 Å². The molecular weight excluding hydrogens is 301 g/mol. The van der Waals surface area contributed by atoms with Crippen molar-refractivity contribution in [2.45, 2.75) is 12.5 Å². The topological polar surface area (TPSA) is 75.9 Å². The van der Waals surface area contributed by atoms with Crippen LogP contribution < -0.4 is 5.73 Å². The number of amides is 2. The lowest BCUT2D eigenvalue weighted by molar-refractivity contribution is -0.137. The van der Waals surface area contributed by atoms with Gasteiger partial charge in [0.2, 0.25) is 11.8 Å². The molecule has 0 radical (unpaired) electrons. The summed E-state index contributed by atoms with van der Waals surface area (Å²) in [4.78, 5) is 27.2.